The van der Waals surface area contributed by atoms with Crippen molar-refractivity contribution >= 4 is 18.3 Å². The van der Waals surface area contributed by atoms with Crippen molar-refractivity contribution in [2.75, 3.05) is 13.1 Å². The molecule has 1 aromatic rings. The number of alkyl carbamates (subject to hydrolysis) is 2. The van der Waals surface area contributed by atoms with Crippen LogP contribution in [0.5, 0.6) is 0 Å². The van der Waals surface area contributed by atoms with Crippen molar-refractivity contribution in [2.24, 2.45) is 11.8 Å². The third kappa shape index (κ3) is 7.50. The zero-order valence-electron chi connectivity index (χ0n) is 21.6. The summed E-state index contributed by atoms with van der Waals surface area (Å²) in [5.41, 5.74) is -0.299. The molecule has 35 heavy (non-hydrogen) atoms. The predicted molar refractivity (Wildman–Crippen MR) is 131 cm³/mol. The number of rotatable bonds is 6. The highest BCUT2D eigenvalue weighted by Gasteiger charge is 2.55. The van der Waals surface area contributed by atoms with Crippen LogP contribution in [0, 0.1) is 11.8 Å². The van der Waals surface area contributed by atoms with Crippen LogP contribution >= 0.6 is 0 Å². The summed E-state index contributed by atoms with van der Waals surface area (Å²) in [5.74, 6) is -0.110. The average Bonchev–Trinajstić information content (AvgIpc) is 3.29. The van der Waals surface area contributed by atoms with Crippen LogP contribution in [0.3, 0.4) is 0 Å². The second-order valence-electron chi connectivity index (χ2n) is 11.3. The van der Waals surface area contributed by atoms with E-state index in [2.05, 4.69) is 10.6 Å². The minimum Gasteiger partial charge on any atom is -0.445 e. The molecule has 3 rings (SSSR count). The SMILES string of the molecule is CC(C)(C)OC(=O)NCC1C(CNC(=O)OC(C)(C)C)[C@@H]2CC[C@H]1N2C(=O)OCc1ccccc1. The molecule has 0 aromatic heterocycles. The van der Waals surface area contributed by atoms with Crippen LogP contribution in [-0.2, 0) is 20.8 Å². The zero-order valence-corrected chi connectivity index (χ0v) is 21.6. The molecule has 0 spiro atoms. The van der Waals surface area contributed by atoms with Crippen molar-refractivity contribution in [2.45, 2.75) is 84.3 Å². The normalized spacial score (nSPS) is 23.5. The Bertz CT molecular complexity index is 847. The fourth-order valence-corrected chi connectivity index (χ4v) is 4.95. The smallest absolute Gasteiger partial charge is 0.410 e. The molecule has 2 bridgehead atoms. The molecule has 0 radical (unpaired) electrons. The van der Waals surface area contributed by atoms with Gasteiger partial charge in [-0.1, -0.05) is 30.3 Å². The first kappa shape index (κ1) is 26.6. The van der Waals surface area contributed by atoms with Crippen LogP contribution in [0.4, 0.5) is 14.4 Å². The minimum absolute atomic E-state index is 0.0551. The second kappa shape index (κ2) is 10.7. The van der Waals surface area contributed by atoms with Crippen LogP contribution in [0.25, 0.3) is 0 Å². The Morgan fingerprint density at radius 1 is 0.829 bits per heavy atom. The Balaban J connectivity index is 1.68. The van der Waals surface area contributed by atoms with Crippen LogP contribution in [-0.4, -0.2) is 59.6 Å². The third-order valence-electron chi connectivity index (χ3n) is 6.19. The summed E-state index contributed by atoms with van der Waals surface area (Å²) >= 11 is 0. The van der Waals surface area contributed by atoms with Crippen LogP contribution < -0.4 is 10.6 Å². The molecular formula is C26H39N3O6. The lowest BCUT2D eigenvalue weighted by Gasteiger charge is -2.30. The Morgan fingerprint density at radius 2 is 1.29 bits per heavy atom. The summed E-state index contributed by atoms with van der Waals surface area (Å²) in [6.45, 7) is 11.7. The lowest BCUT2D eigenvalue weighted by atomic mass is 9.79. The summed E-state index contributed by atoms with van der Waals surface area (Å²) in [4.78, 5) is 39.5. The van der Waals surface area contributed by atoms with E-state index in [1.807, 2.05) is 71.9 Å². The Labute approximate surface area is 207 Å². The molecule has 9 heteroatoms. The molecule has 9 nitrogen and oxygen atoms in total. The number of carbonyl (C=O) groups excluding carboxylic acids is 3. The van der Waals surface area contributed by atoms with Crippen molar-refractivity contribution in [1.82, 2.24) is 15.5 Å². The maximum absolute atomic E-state index is 13.1. The molecule has 194 valence electrons. The van der Waals surface area contributed by atoms with E-state index in [-0.39, 0.29) is 36.6 Å². The van der Waals surface area contributed by atoms with Gasteiger partial charge in [-0.3, -0.25) is 0 Å². The molecule has 2 aliphatic rings. The largest absolute Gasteiger partial charge is 0.445 e. The van der Waals surface area contributed by atoms with E-state index >= 15 is 0 Å². The minimum atomic E-state index is -0.607. The van der Waals surface area contributed by atoms with Gasteiger partial charge in [0.15, 0.2) is 0 Å². The lowest BCUT2D eigenvalue weighted by Crippen LogP contribution is -2.44. The summed E-state index contributed by atoms with van der Waals surface area (Å²) in [7, 11) is 0. The van der Waals surface area contributed by atoms with E-state index in [0.29, 0.717) is 13.1 Å². The van der Waals surface area contributed by atoms with Crippen LogP contribution in [0.15, 0.2) is 30.3 Å². The predicted octanol–water partition coefficient (Wildman–Crippen LogP) is 4.45. The lowest BCUT2D eigenvalue weighted by molar-refractivity contribution is 0.0479. The molecule has 0 saturated carbocycles. The van der Waals surface area contributed by atoms with Gasteiger partial charge in [0.05, 0.1) is 0 Å². The summed E-state index contributed by atoms with van der Waals surface area (Å²) in [5, 5.41) is 5.71. The maximum Gasteiger partial charge on any atom is 0.410 e. The van der Waals surface area contributed by atoms with Crippen molar-refractivity contribution in [3.8, 4) is 0 Å². The highest BCUT2D eigenvalue weighted by Crippen LogP contribution is 2.46. The summed E-state index contributed by atoms with van der Waals surface area (Å²) < 4.78 is 16.4. The Kier molecular flexibility index (Phi) is 8.18. The second-order valence-corrected chi connectivity index (χ2v) is 11.3. The van der Waals surface area contributed by atoms with Gasteiger partial charge in [0.1, 0.15) is 17.8 Å². The van der Waals surface area contributed by atoms with Crippen LogP contribution in [0.2, 0.25) is 0 Å². The van der Waals surface area contributed by atoms with Gasteiger partial charge in [0, 0.05) is 37.0 Å². The fraction of sp³-hybridized carbons (Fsp3) is 0.654. The maximum atomic E-state index is 13.1. The summed E-state index contributed by atoms with van der Waals surface area (Å²) in [6, 6.07) is 9.35. The monoisotopic (exact) mass is 489 g/mol. The number of carbonyl (C=O) groups is 3. The van der Waals surface area contributed by atoms with E-state index in [1.165, 1.54) is 0 Å². The number of hydrogen-bond donors (Lipinski definition) is 2. The fourth-order valence-electron chi connectivity index (χ4n) is 4.95. The number of fused-ring (bicyclic) bond motifs is 2. The molecule has 2 aliphatic heterocycles. The van der Waals surface area contributed by atoms with Gasteiger partial charge in [0.2, 0.25) is 0 Å². The molecule has 2 heterocycles. The number of hydrogen-bond acceptors (Lipinski definition) is 6. The van der Waals surface area contributed by atoms with E-state index in [4.69, 9.17) is 14.2 Å². The van der Waals surface area contributed by atoms with Gasteiger partial charge in [-0.15, -0.1) is 0 Å². The first-order valence-electron chi connectivity index (χ1n) is 12.3. The molecule has 4 atom stereocenters. The molecule has 2 unspecified atom stereocenters. The molecule has 0 aliphatic carbocycles. The Hall–Kier alpha value is -2.97. The van der Waals surface area contributed by atoms with Crippen LogP contribution in [0.1, 0.15) is 59.9 Å². The van der Waals surface area contributed by atoms with Crippen molar-refractivity contribution in [3.63, 3.8) is 0 Å². The third-order valence-corrected chi connectivity index (χ3v) is 6.19. The van der Waals surface area contributed by atoms with Gasteiger partial charge < -0.3 is 29.7 Å². The number of ether oxygens (including phenoxy) is 3. The molecule has 2 saturated heterocycles. The molecule has 1 aromatic carbocycles. The van der Waals surface area contributed by atoms with E-state index < -0.39 is 23.4 Å². The first-order chi connectivity index (χ1) is 16.3. The van der Waals surface area contributed by atoms with E-state index in [1.54, 1.807) is 4.90 Å². The van der Waals surface area contributed by atoms with Crippen molar-refractivity contribution in [1.29, 1.82) is 0 Å². The van der Waals surface area contributed by atoms with Gasteiger partial charge in [0.25, 0.3) is 0 Å². The highest BCUT2D eigenvalue weighted by atomic mass is 16.6. The Morgan fingerprint density at radius 3 is 1.71 bits per heavy atom. The van der Waals surface area contributed by atoms with Gasteiger partial charge in [-0.05, 0) is 59.9 Å². The average molecular weight is 490 g/mol. The van der Waals surface area contributed by atoms with Crippen molar-refractivity contribution in [3.05, 3.63) is 35.9 Å². The van der Waals surface area contributed by atoms with Gasteiger partial charge in [-0.2, -0.15) is 0 Å². The topological polar surface area (TPSA) is 106 Å². The number of benzene rings is 1. The number of amides is 3. The quantitative estimate of drug-likeness (QED) is 0.572. The molecule has 3 amide bonds. The molecule has 2 fully saturated rings. The van der Waals surface area contributed by atoms with E-state index in [0.717, 1.165) is 18.4 Å². The highest BCUT2D eigenvalue weighted by molar-refractivity contribution is 5.71. The number of nitrogens with zero attached hydrogens (tertiary/aromatic N) is 1. The standard InChI is InChI=1S/C26H39N3O6/c1-25(2,3)34-22(30)27-14-18-19(15-28-23(31)35-26(4,5)6)21-13-12-20(18)29(21)24(32)33-16-17-10-8-7-9-11-17/h7-11,18-21H,12-16H2,1-6H3,(H,27,30)(H,28,31)/t18?,19?,20-,21+. The van der Waals surface area contributed by atoms with Crippen molar-refractivity contribution < 1.29 is 28.6 Å². The van der Waals surface area contributed by atoms with Gasteiger partial charge in [-0.25, -0.2) is 14.4 Å². The molecule has 2 N–H and O–H groups in total. The number of nitrogens with one attached hydrogen (secondary N) is 2. The first-order valence-corrected chi connectivity index (χ1v) is 12.3. The summed E-state index contributed by atoms with van der Waals surface area (Å²) in [6.07, 6.45) is 0.252. The zero-order chi connectivity index (χ0) is 25.8. The van der Waals surface area contributed by atoms with E-state index in [9.17, 15) is 14.4 Å². The molecular weight excluding hydrogens is 450 g/mol. The van der Waals surface area contributed by atoms with Gasteiger partial charge >= 0.3 is 18.3 Å².